The van der Waals surface area contributed by atoms with Gasteiger partial charge >= 0.3 is 0 Å². The number of hydrogen-bond acceptors (Lipinski definition) is 5. The average molecular weight is 547 g/mol. The number of amides is 2. The zero-order valence-electron chi connectivity index (χ0n) is 24.0. The molecule has 0 aliphatic carbocycles. The molecular formula is C33H42N2O5. The number of unbranched alkanes of at least 4 members (excludes halogenated alkanes) is 1. The van der Waals surface area contributed by atoms with Gasteiger partial charge in [0.05, 0.1) is 21.3 Å². The number of ether oxygens (including phenoxy) is 3. The van der Waals surface area contributed by atoms with Gasteiger partial charge in [0.1, 0.15) is 5.75 Å². The molecule has 2 N–H and O–H groups in total. The Kier molecular flexibility index (Phi) is 12.9. The van der Waals surface area contributed by atoms with Crippen molar-refractivity contribution in [3.63, 3.8) is 0 Å². The number of nitrogens with one attached hydrogen (secondary N) is 2. The van der Waals surface area contributed by atoms with Crippen LogP contribution in [0.3, 0.4) is 0 Å². The molecule has 0 unspecified atom stereocenters. The lowest BCUT2D eigenvalue weighted by Crippen LogP contribution is -2.26. The van der Waals surface area contributed by atoms with E-state index in [2.05, 4.69) is 34.9 Å². The van der Waals surface area contributed by atoms with E-state index in [1.54, 1.807) is 21.3 Å². The maximum atomic E-state index is 12.4. The maximum absolute atomic E-state index is 12.4. The van der Waals surface area contributed by atoms with Gasteiger partial charge in [-0.2, -0.15) is 0 Å². The van der Waals surface area contributed by atoms with Crippen molar-refractivity contribution in [2.24, 2.45) is 0 Å². The van der Waals surface area contributed by atoms with Crippen LogP contribution in [0.25, 0.3) is 0 Å². The van der Waals surface area contributed by atoms with Gasteiger partial charge in [-0.3, -0.25) is 9.59 Å². The predicted molar refractivity (Wildman–Crippen MR) is 158 cm³/mol. The van der Waals surface area contributed by atoms with Gasteiger partial charge in [0.15, 0.2) is 11.5 Å². The van der Waals surface area contributed by atoms with Gasteiger partial charge in [0.25, 0.3) is 0 Å². The molecule has 3 rings (SSSR count). The zero-order chi connectivity index (χ0) is 28.6. The molecule has 0 bridgehead atoms. The van der Waals surface area contributed by atoms with Crippen molar-refractivity contribution in [1.82, 2.24) is 10.6 Å². The highest BCUT2D eigenvalue weighted by atomic mass is 16.5. The van der Waals surface area contributed by atoms with Gasteiger partial charge in [0, 0.05) is 31.5 Å². The summed E-state index contributed by atoms with van der Waals surface area (Å²) >= 11 is 0. The fourth-order valence-corrected chi connectivity index (χ4v) is 4.68. The molecule has 0 fully saturated rings. The van der Waals surface area contributed by atoms with Gasteiger partial charge in [-0.1, -0.05) is 48.5 Å². The van der Waals surface area contributed by atoms with Crippen LogP contribution in [0.2, 0.25) is 0 Å². The Bertz CT molecular complexity index is 1200. The number of carbonyl (C=O) groups excluding carboxylic acids is 2. The monoisotopic (exact) mass is 546 g/mol. The van der Waals surface area contributed by atoms with Gasteiger partial charge in [-0.05, 0) is 73.4 Å². The van der Waals surface area contributed by atoms with E-state index >= 15 is 0 Å². The molecule has 2 amide bonds. The number of carbonyl (C=O) groups is 2. The Hall–Kier alpha value is -4.00. The highest BCUT2D eigenvalue weighted by Gasteiger charge is 2.15. The maximum Gasteiger partial charge on any atom is 0.220 e. The first-order valence-electron chi connectivity index (χ1n) is 14.0. The molecule has 0 heterocycles. The Morgan fingerprint density at radius 1 is 0.625 bits per heavy atom. The SMILES string of the molecule is COc1ccc(CCc2c(CCNC(=O)CCCCC(=O)NCCc3ccccc3)ccc(OC)c2OC)cc1. The summed E-state index contributed by atoms with van der Waals surface area (Å²) in [5.41, 5.74) is 4.62. The van der Waals surface area contributed by atoms with Crippen molar-refractivity contribution in [2.45, 2.75) is 51.4 Å². The van der Waals surface area contributed by atoms with Crippen LogP contribution >= 0.6 is 0 Å². The Morgan fingerprint density at radius 3 is 1.85 bits per heavy atom. The molecule has 0 spiro atoms. The van der Waals surface area contributed by atoms with Crippen LogP contribution in [0.1, 0.15) is 47.9 Å². The lowest BCUT2D eigenvalue weighted by Gasteiger charge is -2.17. The first kappa shape index (κ1) is 30.5. The first-order valence-corrected chi connectivity index (χ1v) is 14.0. The summed E-state index contributed by atoms with van der Waals surface area (Å²) in [5.74, 6) is 2.31. The van der Waals surface area contributed by atoms with Crippen LogP contribution in [0.5, 0.6) is 17.2 Å². The molecular weight excluding hydrogens is 504 g/mol. The molecule has 0 aliphatic heterocycles. The van der Waals surface area contributed by atoms with E-state index in [4.69, 9.17) is 14.2 Å². The fourth-order valence-electron chi connectivity index (χ4n) is 4.68. The Labute approximate surface area is 238 Å². The number of benzene rings is 3. The number of rotatable bonds is 17. The second-order valence-electron chi connectivity index (χ2n) is 9.68. The smallest absolute Gasteiger partial charge is 0.220 e. The zero-order valence-corrected chi connectivity index (χ0v) is 24.0. The highest BCUT2D eigenvalue weighted by molar-refractivity contribution is 5.77. The number of aryl methyl sites for hydroxylation is 1. The van der Waals surface area contributed by atoms with Gasteiger partial charge in [0.2, 0.25) is 11.8 Å². The number of methoxy groups -OCH3 is 3. The van der Waals surface area contributed by atoms with E-state index in [1.165, 1.54) is 11.1 Å². The van der Waals surface area contributed by atoms with E-state index in [0.717, 1.165) is 41.9 Å². The third-order valence-electron chi connectivity index (χ3n) is 6.92. The molecule has 7 nitrogen and oxygen atoms in total. The standard InChI is InChI=1S/C33H42N2O5/c1-38-28-17-13-26(14-18-28)15-19-29-27(16-20-30(39-2)33(29)40-3)22-24-35-32(37)12-8-7-11-31(36)34-23-21-25-9-5-4-6-10-25/h4-6,9-10,13-14,16-18,20H,7-8,11-12,15,19,21-24H2,1-3H3,(H,34,36)(H,35,37). The second kappa shape index (κ2) is 16.9. The minimum absolute atomic E-state index is 0.00439. The topological polar surface area (TPSA) is 85.9 Å². The summed E-state index contributed by atoms with van der Waals surface area (Å²) < 4.78 is 16.5. The third-order valence-corrected chi connectivity index (χ3v) is 6.92. The van der Waals surface area contributed by atoms with Crippen LogP contribution in [-0.2, 0) is 35.3 Å². The fraction of sp³-hybridized carbons (Fsp3) is 0.394. The normalized spacial score (nSPS) is 10.6. The molecule has 7 heteroatoms. The molecule has 3 aromatic rings. The quantitative estimate of drug-likeness (QED) is 0.231. The van der Waals surface area contributed by atoms with Crippen molar-refractivity contribution < 1.29 is 23.8 Å². The lowest BCUT2D eigenvalue weighted by atomic mass is 9.96. The largest absolute Gasteiger partial charge is 0.497 e. The van der Waals surface area contributed by atoms with Crippen LogP contribution in [0, 0.1) is 0 Å². The molecule has 40 heavy (non-hydrogen) atoms. The van der Waals surface area contributed by atoms with Crippen molar-refractivity contribution in [3.05, 3.63) is 89.0 Å². The van der Waals surface area contributed by atoms with Crippen LogP contribution in [0.15, 0.2) is 66.7 Å². The van der Waals surface area contributed by atoms with E-state index in [1.807, 2.05) is 42.5 Å². The molecule has 0 atom stereocenters. The average Bonchev–Trinajstić information content (AvgIpc) is 2.99. The molecule has 214 valence electrons. The van der Waals surface area contributed by atoms with E-state index < -0.39 is 0 Å². The summed E-state index contributed by atoms with van der Waals surface area (Å²) in [6.07, 6.45) is 5.35. The van der Waals surface area contributed by atoms with E-state index in [-0.39, 0.29) is 11.8 Å². The lowest BCUT2D eigenvalue weighted by molar-refractivity contribution is -0.123. The minimum Gasteiger partial charge on any atom is -0.497 e. The van der Waals surface area contributed by atoms with Crippen LogP contribution < -0.4 is 24.8 Å². The van der Waals surface area contributed by atoms with Crippen molar-refractivity contribution in [3.8, 4) is 17.2 Å². The molecule has 3 aromatic carbocycles. The summed E-state index contributed by atoms with van der Waals surface area (Å²) in [6.45, 7) is 1.16. The first-order chi connectivity index (χ1) is 19.5. The molecule has 0 saturated carbocycles. The van der Waals surface area contributed by atoms with Crippen LogP contribution in [0.4, 0.5) is 0 Å². The molecule has 0 radical (unpaired) electrons. The van der Waals surface area contributed by atoms with Gasteiger partial charge in [-0.25, -0.2) is 0 Å². The van der Waals surface area contributed by atoms with Crippen molar-refractivity contribution in [2.75, 3.05) is 34.4 Å². The minimum atomic E-state index is 0.00439. The van der Waals surface area contributed by atoms with Gasteiger partial charge < -0.3 is 24.8 Å². The Morgan fingerprint density at radius 2 is 1.25 bits per heavy atom. The van der Waals surface area contributed by atoms with E-state index in [9.17, 15) is 9.59 Å². The van der Waals surface area contributed by atoms with Gasteiger partial charge in [-0.15, -0.1) is 0 Å². The van der Waals surface area contributed by atoms with E-state index in [0.29, 0.717) is 50.9 Å². The second-order valence-corrected chi connectivity index (χ2v) is 9.68. The van der Waals surface area contributed by atoms with Crippen molar-refractivity contribution in [1.29, 1.82) is 0 Å². The van der Waals surface area contributed by atoms with Crippen molar-refractivity contribution >= 4 is 11.8 Å². The summed E-state index contributed by atoms with van der Waals surface area (Å²) in [7, 11) is 4.96. The third kappa shape index (κ3) is 9.95. The molecule has 0 aromatic heterocycles. The van der Waals surface area contributed by atoms with Crippen LogP contribution in [-0.4, -0.2) is 46.2 Å². The molecule has 0 aliphatic rings. The highest BCUT2D eigenvalue weighted by Crippen LogP contribution is 2.34. The summed E-state index contributed by atoms with van der Waals surface area (Å²) in [5, 5.41) is 5.98. The summed E-state index contributed by atoms with van der Waals surface area (Å²) in [4.78, 5) is 24.5. The summed E-state index contributed by atoms with van der Waals surface area (Å²) in [6, 6.07) is 22.1. The molecule has 0 saturated heterocycles. The number of hydrogen-bond donors (Lipinski definition) is 2. The predicted octanol–water partition coefficient (Wildman–Crippen LogP) is 5.08. The Balaban J connectivity index is 1.41.